The van der Waals surface area contributed by atoms with Gasteiger partial charge in [0.25, 0.3) is 5.91 Å². The molecule has 33 heavy (non-hydrogen) atoms. The molecule has 0 bridgehead atoms. The van der Waals surface area contributed by atoms with Gasteiger partial charge in [0.05, 0.1) is 24.8 Å². The molecule has 0 aliphatic rings. The quantitative estimate of drug-likeness (QED) is 0.366. The fourth-order valence-electron chi connectivity index (χ4n) is 3.04. The van der Waals surface area contributed by atoms with Crippen LogP contribution in [0.15, 0.2) is 82.8 Å². The number of nitrogens with one attached hydrogen (secondary N) is 1. The van der Waals surface area contributed by atoms with E-state index in [0.29, 0.717) is 21.9 Å². The molecule has 1 amide bonds. The molecule has 3 aromatic rings. The average Bonchev–Trinajstić information content (AvgIpc) is 2.80. The maximum absolute atomic E-state index is 13.3. The Hall–Kier alpha value is -3.20. The van der Waals surface area contributed by atoms with Crippen LogP contribution in [0.2, 0.25) is 5.02 Å². The predicted octanol–water partition coefficient (Wildman–Crippen LogP) is 4.00. The summed E-state index contributed by atoms with van der Waals surface area (Å²) in [6.07, 6.45) is 1.43. The average molecular weight is 486 g/mol. The van der Waals surface area contributed by atoms with Gasteiger partial charge in [0, 0.05) is 17.1 Å². The van der Waals surface area contributed by atoms with Crippen LogP contribution in [0, 0.1) is 6.92 Å². The molecule has 1 N–H and O–H groups in total. The number of rotatable bonds is 9. The molecular formula is C24H24ClN3O4S. The molecule has 0 unspecified atom stereocenters. The molecule has 172 valence electrons. The lowest BCUT2D eigenvalue weighted by molar-refractivity contribution is -0.121. The van der Waals surface area contributed by atoms with Gasteiger partial charge in [-0.3, -0.25) is 4.79 Å². The third-order valence-corrected chi connectivity index (χ3v) is 6.99. The molecule has 0 radical (unpaired) electrons. The third kappa shape index (κ3) is 6.41. The lowest BCUT2D eigenvalue weighted by Gasteiger charge is -2.22. The van der Waals surface area contributed by atoms with Gasteiger partial charge in [-0.05, 0) is 42.8 Å². The Morgan fingerprint density at radius 3 is 2.42 bits per heavy atom. The standard InChI is InChI=1S/C24H24ClN3O4S/c1-18-11-13-21(14-12-18)33(30,31)28(16-20-8-3-5-9-22(20)25)17-24(29)27-26-15-19-7-4-6-10-23(19)32-2/h3-15H,16-17H2,1-2H3,(H,27,29)/b26-15-. The highest BCUT2D eigenvalue weighted by molar-refractivity contribution is 7.89. The molecule has 0 aromatic heterocycles. The van der Waals surface area contributed by atoms with Gasteiger partial charge < -0.3 is 4.74 Å². The van der Waals surface area contributed by atoms with E-state index in [1.54, 1.807) is 48.5 Å². The van der Waals surface area contributed by atoms with Crippen molar-refractivity contribution in [3.8, 4) is 5.75 Å². The van der Waals surface area contributed by atoms with Gasteiger partial charge in [-0.25, -0.2) is 13.8 Å². The summed E-state index contributed by atoms with van der Waals surface area (Å²) in [4.78, 5) is 12.7. The number of nitrogens with zero attached hydrogens (tertiary/aromatic N) is 2. The van der Waals surface area contributed by atoms with E-state index in [-0.39, 0.29) is 11.4 Å². The maximum atomic E-state index is 13.3. The first kappa shape index (κ1) is 24.4. The van der Waals surface area contributed by atoms with Crippen molar-refractivity contribution >= 4 is 33.7 Å². The second kappa shape index (κ2) is 11.1. The molecule has 0 fully saturated rings. The molecule has 7 nitrogen and oxygen atoms in total. The summed E-state index contributed by atoms with van der Waals surface area (Å²) in [6.45, 7) is 1.36. The van der Waals surface area contributed by atoms with E-state index in [1.165, 1.54) is 25.5 Å². The fourth-order valence-corrected chi connectivity index (χ4v) is 4.61. The first-order valence-corrected chi connectivity index (χ1v) is 11.9. The van der Waals surface area contributed by atoms with Gasteiger partial charge in [0.15, 0.2) is 0 Å². The lowest BCUT2D eigenvalue weighted by atomic mass is 10.2. The minimum atomic E-state index is -3.97. The minimum absolute atomic E-state index is 0.0699. The zero-order valence-electron chi connectivity index (χ0n) is 18.2. The Bertz CT molecular complexity index is 1240. The zero-order chi connectivity index (χ0) is 23.8. The third-order valence-electron chi connectivity index (χ3n) is 4.82. The van der Waals surface area contributed by atoms with Crippen LogP contribution in [-0.2, 0) is 21.4 Å². The summed E-state index contributed by atoms with van der Waals surface area (Å²) in [6, 6.07) is 20.5. The van der Waals surface area contributed by atoms with Crippen molar-refractivity contribution in [3.05, 3.63) is 94.5 Å². The maximum Gasteiger partial charge on any atom is 0.255 e. The van der Waals surface area contributed by atoms with Crippen LogP contribution in [-0.4, -0.2) is 38.5 Å². The van der Waals surface area contributed by atoms with E-state index >= 15 is 0 Å². The van der Waals surface area contributed by atoms with E-state index in [4.69, 9.17) is 16.3 Å². The Labute approximate surface area is 198 Å². The SMILES string of the molecule is COc1ccccc1/C=N\NC(=O)CN(Cc1ccccc1Cl)S(=O)(=O)c1ccc(C)cc1. The van der Waals surface area contributed by atoms with Crippen molar-refractivity contribution < 1.29 is 17.9 Å². The zero-order valence-corrected chi connectivity index (χ0v) is 19.8. The first-order valence-electron chi connectivity index (χ1n) is 10.1. The number of carbonyl (C=O) groups excluding carboxylic acids is 1. The first-order chi connectivity index (χ1) is 15.8. The van der Waals surface area contributed by atoms with E-state index in [0.717, 1.165) is 9.87 Å². The molecule has 0 atom stereocenters. The molecule has 0 heterocycles. The number of amides is 1. The summed E-state index contributed by atoms with van der Waals surface area (Å²) in [5.41, 5.74) is 4.56. The summed E-state index contributed by atoms with van der Waals surface area (Å²) < 4.78 is 33.0. The molecule has 0 saturated carbocycles. The Morgan fingerprint density at radius 1 is 1.06 bits per heavy atom. The minimum Gasteiger partial charge on any atom is -0.496 e. The topological polar surface area (TPSA) is 88.1 Å². The van der Waals surface area contributed by atoms with Crippen molar-refractivity contribution in [1.29, 1.82) is 0 Å². The highest BCUT2D eigenvalue weighted by Gasteiger charge is 2.27. The number of carbonyl (C=O) groups is 1. The number of methoxy groups -OCH3 is 1. The number of benzene rings is 3. The molecule has 9 heteroatoms. The highest BCUT2D eigenvalue weighted by atomic mass is 35.5. The number of hydrogen-bond acceptors (Lipinski definition) is 5. The van der Waals surface area contributed by atoms with Crippen molar-refractivity contribution in [2.24, 2.45) is 5.10 Å². The van der Waals surface area contributed by atoms with Gasteiger partial charge in [0.1, 0.15) is 5.75 Å². The van der Waals surface area contributed by atoms with Crippen LogP contribution in [0.1, 0.15) is 16.7 Å². The molecule has 0 spiro atoms. The summed E-state index contributed by atoms with van der Waals surface area (Å²) in [7, 11) is -2.44. The van der Waals surface area contributed by atoms with E-state index in [9.17, 15) is 13.2 Å². The highest BCUT2D eigenvalue weighted by Crippen LogP contribution is 2.22. The normalized spacial score (nSPS) is 11.6. The lowest BCUT2D eigenvalue weighted by Crippen LogP contribution is -2.39. The van der Waals surface area contributed by atoms with E-state index in [1.807, 2.05) is 19.1 Å². The number of ether oxygens (including phenoxy) is 1. The monoisotopic (exact) mass is 485 g/mol. The number of hydrazone groups is 1. The molecule has 0 saturated heterocycles. The van der Waals surface area contributed by atoms with Crippen LogP contribution < -0.4 is 10.2 Å². The van der Waals surface area contributed by atoms with Crippen LogP contribution in [0.25, 0.3) is 0 Å². The second-order valence-electron chi connectivity index (χ2n) is 7.21. The van der Waals surface area contributed by atoms with Gasteiger partial charge in [-0.1, -0.05) is 59.6 Å². The van der Waals surface area contributed by atoms with Gasteiger partial charge >= 0.3 is 0 Å². The van der Waals surface area contributed by atoms with Gasteiger partial charge in [0.2, 0.25) is 10.0 Å². The number of halogens is 1. The van der Waals surface area contributed by atoms with Gasteiger partial charge in [-0.15, -0.1) is 0 Å². The van der Waals surface area contributed by atoms with Crippen LogP contribution in [0.5, 0.6) is 5.75 Å². The second-order valence-corrected chi connectivity index (χ2v) is 9.56. The fraction of sp³-hybridized carbons (Fsp3) is 0.167. The van der Waals surface area contributed by atoms with Crippen LogP contribution >= 0.6 is 11.6 Å². The summed E-state index contributed by atoms with van der Waals surface area (Å²) in [5, 5.41) is 4.36. The van der Waals surface area contributed by atoms with Crippen molar-refractivity contribution in [2.45, 2.75) is 18.4 Å². The number of aryl methyl sites for hydroxylation is 1. The van der Waals surface area contributed by atoms with Crippen molar-refractivity contribution in [1.82, 2.24) is 9.73 Å². The summed E-state index contributed by atoms with van der Waals surface area (Å²) >= 11 is 6.24. The molecule has 3 aromatic carbocycles. The number of sulfonamides is 1. The predicted molar refractivity (Wildman–Crippen MR) is 129 cm³/mol. The smallest absolute Gasteiger partial charge is 0.255 e. The molecular weight excluding hydrogens is 462 g/mol. The van der Waals surface area contributed by atoms with Crippen LogP contribution in [0.4, 0.5) is 0 Å². The summed E-state index contributed by atoms with van der Waals surface area (Å²) in [5.74, 6) is 0.00156. The Kier molecular flexibility index (Phi) is 8.21. The van der Waals surface area contributed by atoms with E-state index in [2.05, 4.69) is 10.5 Å². The largest absolute Gasteiger partial charge is 0.496 e. The van der Waals surface area contributed by atoms with Crippen molar-refractivity contribution in [2.75, 3.05) is 13.7 Å². The van der Waals surface area contributed by atoms with Crippen molar-refractivity contribution in [3.63, 3.8) is 0 Å². The molecule has 3 rings (SSSR count). The van der Waals surface area contributed by atoms with Crippen LogP contribution in [0.3, 0.4) is 0 Å². The van der Waals surface area contributed by atoms with Gasteiger partial charge in [-0.2, -0.15) is 9.41 Å². The Balaban J connectivity index is 1.81. The number of para-hydroxylation sites is 1. The molecule has 0 aliphatic heterocycles. The molecule has 0 aliphatic carbocycles. The van der Waals surface area contributed by atoms with E-state index < -0.39 is 22.5 Å². The number of hydrogen-bond donors (Lipinski definition) is 1. The Morgan fingerprint density at radius 2 is 1.73 bits per heavy atom.